The fraction of sp³-hybridized carbons (Fsp3) is 0.250. The highest BCUT2D eigenvalue weighted by molar-refractivity contribution is 5.35. The van der Waals surface area contributed by atoms with Crippen molar-refractivity contribution < 1.29 is 14.6 Å². The zero-order valence-electron chi connectivity index (χ0n) is 16.0. The van der Waals surface area contributed by atoms with Crippen molar-refractivity contribution in [3.63, 3.8) is 0 Å². The quantitative estimate of drug-likeness (QED) is 0.717. The minimum Gasteiger partial charge on any atom is -0.508 e. The Morgan fingerprint density at radius 2 is 1.68 bits per heavy atom. The predicted octanol–water partition coefficient (Wildman–Crippen LogP) is 4.41. The van der Waals surface area contributed by atoms with Gasteiger partial charge in [0.25, 0.3) is 0 Å². The van der Waals surface area contributed by atoms with E-state index >= 15 is 0 Å². The summed E-state index contributed by atoms with van der Waals surface area (Å²) in [6.45, 7) is 2.28. The van der Waals surface area contributed by atoms with Crippen molar-refractivity contribution in [3.05, 3.63) is 89.5 Å². The second-order valence-corrected chi connectivity index (χ2v) is 7.20. The molecular weight excluding hydrogens is 350 g/mol. The van der Waals surface area contributed by atoms with E-state index < -0.39 is 0 Å². The number of phenols is 1. The lowest BCUT2D eigenvalue weighted by Gasteiger charge is -2.29. The highest BCUT2D eigenvalue weighted by Crippen LogP contribution is 2.28. The molecule has 0 aromatic heterocycles. The first kappa shape index (κ1) is 18.4. The lowest BCUT2D eigenvalue weighted by atomic mass is 10.0. The van der Waals surface area contributed by atoms with Crippen LogP contribution >= 0.6 is 0 Å². The molecular formula is C24H25NO3. The van der Waals surface area contributed by atoms with Gasteiger partial charge in [-0.15, -0.1) is 0 Å². The number of hydrogen-bond acceptors (Lipinski definition) is 4. The summed E-state index contributed by atoms with van der Waals surface area (Å²) in [5.41, 5.74) is 3.64. The number of hydrogen-bond donors (Lipinski definition) is 1. The first-order valence-electron chi connectivity index (χ1n) is 9.57. The normalized spacial score (nSPS) is 16.7. The molecule has 3 aromatic carbocycles. The van der Waals surface area contributed by atoms with Crippen molar-refractivity contribution in [2.24, 2.45) is 0 Å². The molecule has 4 nitrogen and oxygen atoms in total. The lowest BCUT2D eigenvalue weighted by Crippen LogP contribution is -2.38. The summed E-state index contributed by atoms with van der Waals surface area (Å²) in [5.74, 6) is 2.13. The Bertz CT molecular complexity index is 906. The first-order chi connectivity index (χ1) is 13.7. The van der Waals surface area contributed by atoms with E-state index in [-0.39, 0.29) is 6.04 Å². The van der Waals surface area contributed by atoms with Gasteiger partial charge in [0.2, 0.25) is 0 Å². The number of nitrogens with zero attached hydrogens (tertiary/aromatic N) is 1. The van der Waals surface area contributed by atoms with Gasteiger partial charge < -0.3 is 14.6 Å². The van der Waals surface area contributed by atoms with Crippen molar-refractivity contribution in [3.8, 4) is 17.2 Å². The maximum absolute atomic E-state index is 9.58. The zero-order chi connectivity index (χ0) is 19.3. The Balaban J connectivity index is 1.58. The molecule has 0 aliphatic carbocycles. The highest BCUT2D eigenvalue weighted by Gasteiger charge is 2.25. The van der Waals surface area contributed by atoms with Crippen LogP contribution < -0.4 is 9.47 Å². The second-order valence-electron chi connectivity index (χ2n) is 7.20. The molecule has 0 fully saturated rings. The van der Waals surface area contributed by atoms with Gasteiger partial charge in [-0.25, -0.2) is 0 Å². The summed E-state index contributed by atoms with van der Waals surface area (Å²) in [4.78, 5) is 2.46. The van der Waals surface area contributed by atoms with Crippen LogP contribution in [0.2, 0.25) is 0 Å². The van der Waals surface area contributed by atoms with Gasteiger partial charge in [0.05, 0.1) is 7.11 Å². The highest BCUT2D eigenvalue weighted by atomic mass is 16.5. The molecule has 1 aliphatic rings. The third-order valence-electron chi connectivity index (χ3n) is 5.25. The molecule has 1 atom stereocenters. The maximum atomic E-state index is 9.58. The van der Waals surface area contributed by atoms with Gasteiger partial charge in [-0.1, -0.05) is 42.5 Å². The van der Waals surface area contributed by atoms with Crippen LogP contribution in [0.4, 0.5) is 0 Å². The molecule has 1 heterocycles. The molecule has 0 unspecified atom stereocenters. The maximum Gasteiger partial charge on any atom is 0.123 e. The van der Waals surface area contributed by atoms with Gasteiger partial charge >= 0.3 is 0 Å². The molecule has 4 heteroatoms. The van der Waals surface area contributed by atoms with Gasteiger partial charge in [-0.05, 0) is 47.9 Å². The summed E-state index contributed by atoms with van der Waals surface area (Å²) >= 11 is 0. The number of ether oxygens (including phenoxy) is 2. The third-order valence-corrected chi connectivity index (χ3v) is 5.25. The van der Waals surface area contributed by atoms with E-state index in [1.54, 1.807) is 19.2 Å². The molecule has 1 N–H and O–H groups in total. The molecule has 0 spiro atoms. The molecule has 28 heavy (non-hydrogen) atoms. The van der Waals surface area contributed by atoms with Crippen LogP contribution in [-0.2, 0) is 19.5 Å². The van der Waals surface area contributed by atoms with Crippen LogP contribution in [0, 0.1) is 0 Å². The van der Waals surface area contributed by atoms with E-state index in [1.807, 2.05) is 36.4 Å². The van der Waals surface area contributed by atoms with Gasteiger partial charge in [-0.2, -0.15) is 0 Å². The van der Waals surface area contributed by atoms with E-state index in [1.165, 1.54) is 16.7 Å². The summed E-state index contributed by atoms with van der Waals surface area (Å²) in [6.07, 6.45) is 0.899. The molecule has 0 amide bonds. The van der Waals surface area contributed by atoms with Gasteiger partial charge in [0, 0.05) is 24.7 Å². The minimum absolute atomic E-state index is 0.245. The molecule has 0 radical (unpaired) electrons. The van der Waals surface area contributed by atoms with Gasteiger partial charge in [0.15, 0.2) is 0 Å². The fourth-order valence-electron chi connectivity index (χ4n) is 3.66. The molecule has 0 saturated carbocycles. The third kappa shape index (κ3) is 4.29. The number of fused-ring (bicyclic) bond motifs is 1. The Kier molecular flexibility index (Phi) is 5.49. The number of aromatic hydroxyl groups is 1. The summed E-state index contributed by atoms with van der Waals surface area (Å²) in [5, 5.41) is 9.58. The monoisotopic (exact) mass is 375 g/mol. The summed E-state index contributed by atoms with van der Waals surface area (Å²) in [6, 6.07) is 24.2. The van der Waals surface area contributed by atoms with Gasteiger partial charge in [-0.3, -0.25) is 4.90 Å². The van der Waals surface area contributed by atoms with Gasteiger partial charge in [0.1, 0.15) is 23.9 Å². The average Bonchev–Trinajstić information content (AvgIpc) is 2.90. The minimum atomic E-state index is 0.245. The predicted molar refractivity (Wildman–Crippen MR) is 110 cm³/mol. The summed E-state index contributed by atoms with van der Waals surface area (Å²) < 4.78 is 11.4. The second kappa shape index (κ2) is 8.36. The van der Waals surface area contributed by atoms with E-state index in [0.717, 1.165) is 31.0 Å². The fourth-order valence-corrected chi connectivity index (χ4v) is 3.66. The van der Waals surface area contributed by atoms with Crippen molar-refractivity contribution in [1.29, 1.82) is 0 Å². The largest absolute Gasteiger partial charge is 0.508 e. The summed E-state index contributed by atoms with van der Waals surface area (Å²) in [7, 11) is 1.69. The number of rotatable bonds is 5. The first-order valence-corrected chi connectivity index (χ1v) is 9.57. The standard InChI is InChI=1S/C24H25NO3/c1-27-23-12-8-18(9-13-23)14-21-17-28-24-5-3-2-4-20(24)16-25(21)15-19-6-10-22(26)11-7-19/h2-13,21,26H,14-17H2,1H3/t21-/m0/s1. The van der Waals surface area contributed by atoms with Crippen LogP contribution in [0.3, 0.4) is 0 Å². The topological polar surface area (TPSA) is 41.9 Å². The average molecular weight is 375 g/mol. The zero-order valence-corrected chi connectivity index (χ0v) is 16.0. The van der Waals surface area contributed by atoms with E-state index in [2.05, 4.69) is 29.2 Å². The lowest BCUT2D eigenvalue weighted by molar-refractivity contribution is 0.138. The van der Waals surface area contributed by atoms with Crippen molar-refractivity contribution in [2.45, 2.75) is 25.6 Å². The Labute approximate surface area is 166 Å². The number of benzene rings is 3. The Morgan fingerprint density at radius 3 is 2.43 bits per heavy atom. The Hall–Kier alpha value is -2.98. The smallest absolute Gasteiger partial charge is 0.123 e. The van der Waals surface area contributed by atoms with E-state index in [4.69, 9.17) is 9.47 Å². The van der Waals surface area contributed by atoms with Crippen molar-refractivity contribution in [2.75, 3.05) is 13.7 Å². The van der Waals surface area contributed by atoms with Crippen molar-refractivity contribution in [1.82, 2.24) is 4.90 Å². The number of phenolic OH excluding ortho intramolecular Hbond substituents is 1. The molecule has 0 saturated heterocycles. The number of para-hydroxylation sites is 1. The molecule has 3 aromatic rings. The van der Waals surface area contributed by atoms with E-state index in [9.17, 15) is 5.11 Å². The molecule has 144 valence electrons. The van der Waals surface area contributed by atoms with Crippen LogP contribution in [0.5, 0.6) is 17.2 Å². The molecule has 0 bridgehead atoms. The van der Waals surface area contributed by atoms with E-state index in [0.29, 0.717) is 12.4 Å². The SMILES string of the molecule is COc1ccc(C[C@H]2COc3ccccc3CN2Cc2ccc(O)cc2)cc1. The van der Waals surface area contributed by atoms with Crippen LogP contribution in [0.25, 0.3) is 0 Å². The van der Waals surface area contributed by atoms with Crippen molar-refractivity contribution >= 4 is 0 Å². The Morgan fingerprint density at radius 1 is 0.964 bits per heavy atom. The number of methoxy groups -OCH3 is 1. The van der Waals surface area contributed by atoms with Crippen LogP contribution in [0.1, 0.15) is 16.7 Å². The van der Waals surface area contributed by atoms with Crippen LogP contribution in [0.15, 0.2) is 72.8 Å². The molecule has 1 aliphatic heterocycles. The molecule has 4 rings (SSSR count). The van der Waals surface area contributed by atoms with Crippen LogP contribution in [-0.4, -0.2) is 29.8 Å².